The number of hydrogen-bond acceptors (Lipinski definition) is 6. The van der Waals surface area contributed by atoms with Gasteiger partial charge in [0.15, 0.2) is 0 Å². The van der Waals surface area contributed by atoms with Gasteiger partial charge in [0.2, 0.25) is 0 Å². The van der Waals surface area contributed by atoms with Crippen LogP contribution in [0.1, 0.15) is 12.8 Å². The highest BCUT2D eigenvalue weighted by atomic mass is 32.2. The lowest BCUT2D eigenvalue weighted by Crippen LogP contribution is -2.37. The van der Waals surface area contributed by atoms with Gasteiger partial charge in [0.05, 0.1) is 31.4 Å². The number of aromatic nitrogens is 3. The van der Waals surface area contributed by atoms with Crippen molar-refractivity contribution < 1.29 is 13.4 Å². The maximum Gasteiger partial charge on any atom is 0.143 e. The number of halogens is 1. The summed E-state index contributed by atoms with van der Waals surface area (Å²) < 4.78 is 25.3. The van der Waals surface area contributed by atoms with E-state index in [0.717, 1.165) is 53.7 Å². The second-order valence-corrected chi connectivity index (χ2v) is 7.60. The van der Waals surface area contributed by atoms with Crippen LogP contribution in [-0.4, -0.2) is 59.3 Å². The summed E-state index contributed by atoms with van der Waals surface area (Å²) in [5, 5.41) is 2.28. The van der Waals surface area contributed by atoms with Crippen molar-refractivity contribution in [3.63, 3.8) is 0 Å². The van der Waals surface area contributed by atoms with Crippen LogP contribution in [0.4, 0.5) is 9.70 Å². The van der Waals surface area contributed by atoms with Crippen molar-refractivity contribution in [2.24, 2.45) is 7.05 Å². The molecule has 1 aliphatic rings. The van der Waals surface area contributed by atoms with Gasteiger partial charge in [0, 0.05) is 61.2 Å². The van der Waals surface area contributed by atoms with Gasteiger partial charge in [-0.15, -0.1) is 0 Å². The van der Waals surface area contributed by atoms with E-state index in [-0.39, 0.29) is 6.10 Å². The molecule has 0 spiro atoms. The topological polar surface area (TPSA) is 52.4 Å². The molecule has 4 heterocycles. The third-order valence-corrected chi connectivity index (χ3v) is 5.60. The summed E-state index contributed by atoms with van der Waals surface area (Å²) in [6.45, 7) is 3.37. The number of hydrogen-bond donors (Lipinski definition) is 0. The summed E-state index contributed by atoms with van der Waals surface area (Å²) in [6.07, 6.45) is 5.92. The summed E-state index contributed by atoms with van der Waals surface area (Å²) in [4.78, 5) is 11.5. The number of aryl methyl sites for hydroxylation is 1. The Balaban J connectivity index is 1.35. The van der Waals surface area contributed by atoms with E-state index in [0.29, 0.717) is 37.7 Å². The first-order valence-electron chi connectivity index (χ1n) is 9.65. The Labute approximate surface area is 168 Å². The van der Waals surface area contributed by atoms with Crippen molar-refractivity contribution in [3.05, 3.63) is 30.6 Å². The van der Waals surface area contributed by atoms with Crippen LogP contribution in [0.15, 0.2) is 30.6 Å². The zero-order valence-corrected chi connectivity index (χ0v) is 16.8. The lowest BCUT2D eigenvalue weighted by atomic mass is 10.1. The van der Waals surface area contributed by atoms with Crippen molar-refractivity contribution in [2.45, 2.75) is 18.9 Å². The Kier molecular flexibility index (Phi) is 6.29. The maximum absolute atomic E-state index is 11.9. The first-order valence-corrected chi connectivity index (χ1v) is 10.5. The van der Waals surface area contributed by atoms with Gasteiger partial charge in [-0.2, -0.15) is 3.89 Å². The first kappa shape index (κ1) is 19.4. The Morgan fingerprint density at radius 1 is 1.14 bits per heavy atom. The predicted octanol–water partition coefficient (Wildman–Crippen LogP) is 3.74. The smallest absolute Gasteiger partial charge is 0.143 e. The summed E-state index contributed by atoms with van der Waals surface area (Å²) in [5.74, 6) is 1.39. The third kappa shape index (κ3) is 4.09. The molecule has 3 aromatic rings. The molecule has 1 aliphatic heterocycles. The minimum Gasteiger partial charge on any atom is -0.378 e. The van der Waals surface area contributed by atoms with Crippen molar-refractivity contribution in [2.75, 3.05) is 43.6 Å². The van der Waals surface area contributed by atoms with Crippen LogP contribution in [0.3, 0.4) is 0 Å². The molecule has 0 unspecified atom stereocenters. The molecule has 0 N–H and O–H groups in total. The summed E-state index contributed by atoms with van der Waals surface area (Å²) >= 11 is 0.306. The van der Waals surface area contributed by atoms with Crippen molar-refractivity contribution >= 4 is 39.9 Å². The van der Waals surface area contributed by atoms with E-state index in [1.807, 2.05) is 18.5 Å². The minimum absolute atomic E-state index is 0.253. The van der Waals surface area contributed by atoms with Gasteiger partial charge in [-0.1, -0.05) is 0 Å². The van der Waals surface area contributed by atoms with Gasteiger partial charge in [0.25, 0.3) is 0 Å². The normalized spacial score (nSPS) is 15.7. The summed E-state index contributed by atoms with van der Waals surface area (Å²) in [5.41, 5.74) is 2.14. The van der Waals surface area contributed by atoms with Crippen LogP contribution < -0.4 is 4.90 Å². The molecule has 4 rings (SSSR count). The highest BCUT2D eigenvalue weighted by Gasteiger charge is 2.21. The highest BCUT2D eigenvalue weighted by Crippen LogP contribution is 2.29. The van der Waals surface area contributed by atoms with E-state index in [1.54, 1.807) is 0 Å². The standard InChI is InChI=1S/C20H25FN4O2S/c1-24-18-4-7-22-14-17(18)16-2-3-19(23-20(16)24)25-8-5-15(6-9-25)27-11-10-26-12-13-28-21/h2-4,7,14-15H,5-6,8-13H2,1H3. The number of piperidine rings is 1. The average molecular weight is 405 g/mol. The van der Waals surface area contributed by atoms with Crippen LogP contribution in [0.5, 0.6) is 0 Å². The van der Waals surface area contributed by atoms with E-state index in [2.05, 4.69) is 33.6 Å². The molecule has 0 radical (unpaired) electrons. The van der Waals surface area contributed by atoms with Crippen molar-refractivity contribution in [1.82, 2.24) is 14.5 Å². The maximum atomic E-state index is 11.9. The third-order valence-electron chi connectivity index (χ3n) is 5.28. The molecule has 3 aromatic heterocycles. The van der Waals surface area contributed by atoms with E-state index in [4.69, 9.17) is 14.5 Å². The van der Waals surface area contributed by atoms with Crippen LogP contribution in [0.25, 0.3) is 21.9 Å². The van der Waals surface area contributed by atoms with Gasteiger partial charge in [-0.25, -0.2) is 4.98 Å². The Hall–Kier alpha value is -1.90. The van der Waals surface area contributed by atoms with Crippen molar-refractivity contribution in [1.29, 1.82) is 0 Å². The quantitative estimate of drug-likeness (QED) is 0.533. The predicted molar refractivity (Wildman–Crippen MR) is 112 cm³/mol. The fourth-order valence-electron chi connectivity index (χ4n) is 3.80. The number of nitrogens with zero attached hydrogens (tertiary/aromatic N) is 4. The lowest BCUT2D eigenvalue weighted by molar-refractivity contribution is -0.00192. The minimum atomic E-state index is 0.253. The number of rotatable bonds is 8. The molecule has 8 heteroatoms. The van der Waals surface area contributed by atoms with Gasteiger partial charge in [-0.3, -0.25) is 4.98 Å². The fourth-order valence-corrected chi connectivity index (χ4v) is 3.98. The molecular weight excluding hydrogens is 379 g/mol. The monoisotopic (exact) mass is 404 g/mol. The molecular formula is C20H25FN4O2S. The molecule has 150 valence electrons. The number of pyridine rings is 2. The molecule has 1 fully saturated rings. The summed E-state index contributed by atoms with van der Waals surface area (Å²) in [7, 11) is 2.05. The SMILES string of the molecule is Cn1c2ccncc2c2ccc(N3CCC(OCCOCCSF)CC3)nc21. The van der Waals surface area contributed by atoms with Gasteiger partial charge in [0.1, 0.15) is 11.5 Å². The zero-order valence-electron chi connectivity index (χ0n) is 16.0. The van der Waals surface area contributed by atoms with Crippen LogP contribution >= 0.6 is 12.1 Å². The van der Waals surface area contributed by atoms with Crippen LogP contribution in [0, 0.1) is 0 Å². The fraction of sp³-hybridized carbons (Fsp3) is 0.500. The number of ether oxygens (including phenoxy) is 2. The van der Waals surface area contributed by atoms with E-state index >= 15 is 0 Å². The summed E-state index contributed by atoms with van der Waals surface area (Å²) in [6, 6.07) is 6.28. The number of fused-ring (bicyclic) bond motifs is 3. The van der Waals surface area contributed by atoms with Gasteiger partial charge >= 0.3 is 0 Å². The largest absolute Gasteiger partial charge is 0.378 e. The molecule has 0 saturated carbocycles. The molecule has 0 aliphatic carbocycles. The van der Waals surface area contributed by atoms with E-state index in [1.165, 1.54) is 0 Å². The Morgan fingerprint density at radius 3 is 2.82 bits per heavy atom. The van der Waals surface area contributed by atoms with Crippen LogP contribution in [-0.2, 0) is 16.5 Å². The average Bonchev–Trinajstić information content (AvgIpc) is 3.03. The Morgan fingerprint density at radius 2 is 2.00 bits per heavy atom. The molecule has 0 amide bonds. The molecule has 0 bridgehead atoms. The second-order valence-electron chi connectivity index (χ2n) is 6.98. The first-order chi connectivity index (χ1) is 13.8. The molecule has 1 saturated heterocycles. The number of anilines is 1. The van der Waals surface area contributed by atoms with Gasteiger partial charge in [-0.05, 0) is 31.0 Å². The van der Waals surface area contributed by atoms with E-state index < -0.39 is 0 Å². The molecule has 28 heavy (non-hydrogen) atoms. The van der Waals surface area contributed by atoms with Crippen molar-refractivity contribution in [3.8, 4) is 0 Å². The molecule has 0 atom stereocenters. The Bertz CT molecular complexity index is 927. The zero-order chi connectivity index (χ0) is 19.3. The van der Waals surface area contributed by atoms with Crippen LogP contribution in [0.2, 0.25) is 0 Å². The second kappa shape index (κ2) is 9.07. The lowest BCUT2D eigenvalue weighted by Gasteiger charge is -2.32. The van der Waals surface area contributed by atoms with E-state index in [9.17, 15) is 3.89 Å². The molecule has 6 nitrogen and oxygen atoms in total. The molecule has 0 aromatic carbocycles. The highest BCUT2D eigenvalue weighted by molar-refractivity contribution is 7.94. The van der Waals surface area contributed by atoms with Gasteiger partial charge < -0.3 is 18.9 Å².